The van der Waals surface area contributed by atoms with Crippen molar-refractivity contribution in [2.45, 2.75) is 38.7 Å². The SMILES string of the molecule is CCN(CC1CCCO1)C(=O)C1CCCN(C(=O)c2ccc(Cl)c(Cl)c2)C1. The third-order valence-corrected chi connectivity index (χ3v) is 6.10. The van der Waals surface area contributed by atoms with Crippen molar-refractivity contribution in [3.05, 3.63) is 33.8 Å². The number of hydrogen-bond donors (Lipinski definition) is 0. The number of piperidine rings is 1. The van der Waals surface area contributed by atoms with Crippen LogP contribution >= 0.6 is 23.2 Å². The van der Waals surface area contributed by atoms with Gasteiger partial charge in [0.25, 0.3) is 5.91 Å². The Morgan fingerprint density at radius 3 is 2.70 bits per heavy atom. The summed E-state index contributed by atoms with van der Waals surface area (Å²) in [4.78, 5) is 29.5. The number of rotatable bonds is 5. The van der Waals surface area contributed by atoms with Crippen LogP contribution < -0.4 is 0 Å². The molecule has 27 heavy (non-hydrogen) atoms. The Bertz CT molecular complexity index is 692. The molecule has 1 aromatic rings. The van der Waals surface area contributed by atoms with Crippen molar-refractivity contribution in [1.29, 1.82) is 0 Å². The lowest BCUT2D eigenvalue weighted by Crippen LogP contribution is -2.48. The lowest BCUT2D eigenvalue weighted by Gasteiger charge is -2.35. The van der Waals surface area contributed by atoms with Crippen molar-refractivity contribution >= 4 is 35.0 Å². The Labute approximate surface area is 170 Å². The normalized spacial score (nSPS) is 22.7. The molecule has 0 bridgehead atoms. The van der Waals surface area contributed by atoms with E-state index in [0.29, 0.717) is 41.8 Å². The van der Waals surface area contributed by atoms with Gasteiger partial charge in [0, 0.05) is 38.3 Å². The van der Waals surface area contributed by atoms with E-state index in [1.54, 1.807) is 23.1 Å². The Kier molecular flexibility index (Phi) is 7.01. The fraction of sp³-hybridized carbons (Fsp3) is 0.600. The highest BCUT2D eigenvalue weighted by Crippen LogP contribution is 2.26. The van der Waals surface area contributed by atoms with Crippen LogP contribution in [-0.4, -0.2) is 60.5 Å². The summed E-state index contributed by atoms with van der Waals surface area (Å²) in [5.41, 5.74) is 0.504. The maximum absolute atomic E-state index is 13.0. The second-order valence-corrected chi connectivity index (χ2v) is 8.05. The van der Waals surface area contributed by atoms with Crippen LogP contribution in [0.25, 0.3) is 0 Å². The van der Waals surface area contributed by atoms with Crippen LogP contribution in [0.2, 0.25) is 10.0 Å². The number of carbonyl (C=O) groups excluding carboxylic acids is 2. The van der Waals surface area contributed by atoms with Crippen molar-refractivity contribution in [3.8, 4) is 0 Å². The van der Waals surface area contributed by atoms with E-state index in [0.717, 1.165) is 32.3 Å². The minimum atomic E-state index is -0.160. The standard InChI is InChI=1S/C20H26Cl2N2O3/c1-2-23(13-16-6-4-10-27-16)20(26)15-5-3-9-24(12-15)19(25)14-7-8-17(21)18(22)11-14/h7-8,11,15-16H,2-6,9-10,12-13H2,1H3. The van der Waals surface area contributed by atoms with Gasteiger partial charge >= 0.3 is 0 Å². The summed E-state index contributed by atoms with van der Waals surface area (Å²) < 4.78 is 5.68. The molecule has 2 atom stereocenters. The van der Waals surface area contributed by atoms with Crippen LogP contribution in [0.3, 0.4) is 0 Å². The molecule has 0 N–H and O–H groups in total. The summed E-state index contributed by atoms with van der Waals surface area (Å²) in [6.45, 7) is 5.18. The molecule has 0 spiro atoms. The van der Waals surface area contributed by atoms with Gasteiger partial charge in [-0.05, 0) is 50.8 Å². The van der Waals surface area contributed by atoms with E-state index < -0.39 is 0 Å². The predicted molar refractivity (Wildman–Crippen MR) is 106 cm³/mol. The largest absolute Gasteiger partial charge is 0.376 e. The average Bonchev–Trinajstić information content (AvgIpc) is 3.20. The molecule has 0 radical (unpaired) electrons. The fourth-order valence-electron chi connectivity index (χ4n) is 3.84. The fourth-order valence-corrected chi connectivity index (χ4v) is 4.14. The van der Waals surface area contributed by atoms with E-state index in [4.69, 9.17) is 27.9 Å². The van der Waals surface area contributed by atoms with E-state index in [9.17, 15) is 9.59 Å². The highest BCUT2D eigenvalue weighted by molar-refractivity contribution is 6.42. The van der Waals surface area contributed by atoms with Gasteiger partial charge in [-0.2, -0.15) is 0 Å². The smallest absolute Gasteiger partial charge is 0.253 e. The van der Waals surface area contributed by atoms with Crippen molar-refractivity contribution in [3.63, 3.8) is 0 Å². The molecule has 2 saturated heterocycles. The van der Waals surface area contributed by atoms with Gasteiger partial charge in [0.2, 0.25) is 5.91 Å². The third-order valence-electron chi connectivity index (χ3n) is 5.37. The van der Waals surface area contributed by atoms with Crippen molar-refractivity contribution in [2.24, 2.45) is 5.92 Å². The van der Waals surface area contributed by atoms with Gasteiger partial charge in [0.1, 0.15) is 0 Å². The molecule has 0 aliphatic carbocycles. The van der Waals surface area contributed by atoms with E-state index in [1.165, 1.54) is 0 Å². The summed E-state index contributed by atoms with van der Waals surface area (Å²) >= 11 is 12.0. The summed E-state index contributed by atoms with van der Waals surface area (Å²) in [7, 11) is 0. The molecule has 0 aromatic heterocycles. The Hall–Kier alpha value is -1.30. The van der Waals surface area contributed by atoms with Crippen molar-refractivity contribution in [2.75, 3.05) is 32.8 Å². The molecule has 2 heterocycles. The molecule has 7 heteroatoms. The number of amides is 2. The molecular weight excluding hydrogens is 387 g/mol. The van der Waals surface area contributed by atoms with E-state index in [2.05, 4.69) is 0 Å². The van der Waals surface area contributed by atoms with Crippen molar-refractivity contribution < 1.29 is 14.3 Å². The van der Waals surface area contributed by atoms with Crippen LogP contribution in [0.1, 0.15) is 43.0 Å². The molecule has 5 nitrogen and oxygen atoms in total. The van der Waals surface area contributed by atoms with Gasteiger partial charge < -0.3 is 14.5 Å². The molecule has 2 amide bonds. The number of carbonyl (C=O) groups is 2. The molecule has 3 rings (SSSR count). The van der Waals surface area contributed by atoms with Crippen molar-refractivity contribution in [1.82, 2.24) is 9.80 Å². The zero-order valence-electron chi connectivity index (χ0n) is 15.6. The van der Waals surface area contributed by atoms with Gasteiger partial charge in [-0.15, -0.1) is 0 Å². The van der Waals surface area contributed by atoms with Crippen LogP contribution in [0.15, 0.2) is 18.2 Å². The molecular formula is C20H26Cl2N2O3. The van der Waals surface area contributed by atoms with Gasteiger partial charge in [-0.25, -0.2) is 0 Å². The minimum Gasteiger partial charge on any atom is -0.376 e. The lowest BCUT2D eigenvalue weighted by molar-refractivity contribution is -0.138. The summed E-state index contributed by atoms with van der Waals surface area (Å²) in [6.07, 6.45) is 3.85. The number of nitrogens with zero attached hydrogens (tertiary/aromatic N) is 2. The average molecular weight is 413 g/mol. The van der Waals surface area contributed by atoms with Gasteiger partial charge in [0.05, 0.1) is 22.1 Å². The maximum atomic E-state index is 13.0. The number of benzene rings is 1. The van der Waals surface area contributed by atoms with E-state index in [1.807, 2.05) is 11.8 Å². The molecule has 1 aromatic carbocycles. The number of hydrogen-bond acceptors (Lipinski definition) is 3. The third kappa shape index (κ3) is 4.95. The van der Waals surface area contributed by atoms with Crippen LogP contribution in [0.5, 0.6) is 0 Å². The molecule has 2 unspecified atom stereocenters. The minimum absolute atomic E-state index is 0.103. The first-order valence-electron chi connectivity index (χ1n) is 9.64. The zero-order chi connectivity index (χ0) is 19.4. The van der Waals surface area contributed by atoms with Crippen LogP contribution in [0, 0.1) is 5.92 Å². The topological polar surface area (TPSA) is 49.9 Å². The maximum Gasteiger partial charge on any atom is 0.253 e. The van der Waals surface area contributed by atoms with E-state index >= 15 is 0 Å². The second-order valence-electron chi connectivity index (χ2n) is 7.23. The highest BCUT2D eigenvalue weighted by atomic mass is 35.5. The number of likely N-dealkylation sites (N-methyl/N-ethyl adjacent to an activating group) is 1. The molecule has 2 aliphatic rings. The Morgan fingerprint density at radius 1 is 1.22 bits per heavy atom. The Morgan fingerprint density at radius 2 is 2.04 bits per heavy atom. The quantitative estimate of drug-likeness (QED) is 0.737. The van der Waals surface area contributed by atoms with Gasteiger partial charge in [-0.3, -0.25) is 9.59 Å². The zero-order valence-corrected chi connectivity index (χ0v) is 17.1. The summed E-state index contributed by atoms with van der Waals surface area (Å²) in [5, 5.41) is 0.786. The number of ether oxygens (including phenoxy) is 1. The molecule has 2 fully saturated rings. The number of halogens is 2. The first kappa shape index (κ1) is 20.4. The summed E-state index contributed by atoms with van der Waals surface area (Å²) in [6, 6.07) is 4.90. The monoisotopic (exact) mass is 412 g/mol. The Balaban J connectivity index is 1.64. The van der Waals surface area contributed by atoms with E-state index in [-0.39, 0.29) is 23.8 Å². The first-order valence-corrected chi connectivity index (χ1v) is 10.4. The number of likely N-dealkylation sites (tertiary alicyclic amines) is 1. The predicted octanol–water partition coefficient (Wildman–Crippen LogP) is 3.87. The highest BCUT2D eigenvalue weighted by Gasteiger charge is 2.32. The molecule has 0 saturated carbocycles. The van der Waals surface area contributed by atoms with Gasteiger partial charge in [0.15, 0.2) is 0 Å². The van der Waals surface area contributed by atoms with Gasteiger partial charge in [-0.1, -0.05) is 23.2 Å². The molecule has 148 valence electrons. The molecule has 2 aliphatic heterocycles. The summed E-state index contributed by atoms with van der Waals surface area (Å²) in [5.74, 6) is -0.139. The van der Waals surface area contributed by atoms with Crippen LogP contribution in [0.4, 0.5) is 0 Å². The first-order chi connectivity index (χ1) is 13.0. The van der Waals surface area contributed by atoms with Crippen LogP contribution in [-0.2, 0) is 9.53 Å². The second kappa shape index (κ2) is 9.26. The lowest BCUT2D eigenvalue weighted by atomic mass is 9.95.